The van der Waals surface area contributed by atoms with Crippen molar-refractivity contribution in [1.29, 1.82) is 0 Å². The van der Waals surface area contributed by atoms with Gasteiger partial charge in [0, 0.05) is 32.6 Å². The van der Waals surface area contributed by atoms with Crippen molar-refractivity contribution in [2.75, 3.05) is 30.8 Å². The Morgan fingerprint density at radius 2 is 2.24 bits per heavy atom. The fraction of sp³-hybridized carbons (Fsp3) is 0.545. The Morgan fingerprint density at radius 1 is 1.53 bits per heavy atom. The quantitative estimate of drug-likeness (QED) is 0.786. The number of anilines is 2. The molecule has 0 atom stereocenters. The van der Waals surface area contributed by atoms with Gasteiger partial charge in [-0.2, -0.15) is 0 Å². The molecule has 17 heavy (non-hydrogen) atoms. The van der Waals surface area contributed by atoms with E-state index >= 15 is 0 Å². The van der Waals surface area contributed by atoms with Crippen LogP contribution in [0.1, 0.15) is 12.8 Å². The third-order valence-electron chi connectivity index (χ3n) is 2.87. The first-order valence-corrected chi connectivity index (χ1v) is 6.33. The van der Waals surface area contributed by atoms with Crippen LogP contribution in [0.25, 0.3) is 0 Å². The lowest BCUT2D eigenvalue weighted by Gasteiger charge is -2.32. The van der Waals surface area contributed by atoms with Crippen molar-refractivity contribution < 1.29 is 9.84 Å². The molecule has 1 aromatic rings. The maximum absolute atomic E-state index is 10.3. The second-order valence-electron chi connectivity index (χ2n) is 4.29. The van der Waals surface area contributed by atoms with Crippen LogP contribution in [0.2, 0.25) is 0 Å². The van der Waals surface area contributed by atoms with Crippen molar-refractivity contribution in [2.24, 2.45) is 0 Å². The van der Waals surface area contributed by atoms with Gasteiger partial charge in [-0.25, -0.2) is 4.98 Å². The Bertz CT molecular complexity index is 394. The lowest BCUT2D eigenvalue weighted by atomic mass is 9.94. The van der Waals surface area contributed by atoms with Crippen molar-refractivity contribution >= 4 is 27.4 Å². The van der Waals surface area contributed by atoms with Gasteiger partial charge in [-0.05, 0) is 22.0 Å². The van der Waals surface area contributed by atoms with Gasteiger partial charge in [-0.15, -0.1) is 0 Å². The van der Waals surface area contributed by atoms with Gasteiger partial charge < -0.3 is 20.9 Å². The summed E-state index contributed by atoms with van der Waals surface area (Å²) in [6.45, 7) is 1.68. The normalized spacial score (nSPS) is 18.9. The van der Waals surface area contributed by atoms with E-state index in [2.05, 4.69) is 26.2 Å². The molecule has 0 radical (unpaired) electrons. The van der Waals surface area contributed by atoms with E-state index in [9.17, 15) is 5.11 Å². The lowest BCUT2D eigenvalue weighted by Crippen LogP contribution is -2.42. The molecule has 1 fully saturated rings. The zero-order valence-corrected chi connectivity index (χ0v) is 11.0. The van der Waals surface area contributed by atoms with Crippen molar-refractivity contribution in [3.8, 4) is 0 Å². The molecule has 0 saturated carbocycles. The van der Waals surface area contributed by atoms with Crippen LogP contribution in [0.15, 0.2) is 16.7 Å². The van der Waals surface area contributed by atoms with Crippen LogP contribution in [-0.4, -0.2) is 35.5 Å². The van der Waals surface area contributed by atoms with E-state index in [-0.39, 0.29) is 0 Å². The Labute approximate surface area is 108 Å². The number of nitrogens with one attached hydrogen (secondary N) is 1. The monoisotopic (exact) mass is 301 g/mol. The summed E-state index contributed by atoms with van der Waals surface area (Å²) in [4.78, 5) is 4.17. The molecule has 1 aromatic heterocycles. The first-order chi connectivity index (χ1) is 8.09. The molecule has 1 aliphatic heterocycles. The molecule has 0 amide bonds. The van der Waals surface area contributed by atoms with Crippen LogP contribution in [0.5, 0.6) is 0 Å². The van der Waals surface area contributed by atoms with Gasteiger partial charge in [-0.1, -0.05) is 0 Å². The number of aromatic nitrogens is 1. The zero-order chi connectivity index (χ0) is 12.3. The summed E-state index contributed by atoms with van der Waals surface area (Å²) in [5.41, 5.74) is 5.50. The van der Waals surface area contributed by atoms with E-state index in [0.717, 1.165) is 4.47 Å². The molecule has 2 heterocycles. The maximum atomic E-state index is 10.3. The van der Waals surface area contributed by atoms with Crippen LogP contribution in [0.3, 0.4) is 0 Å². The van der Waals surface area contributed by atoms with Gasteiger partial charge >= 0.3 is 0 Å². The Balaban J connectivity index is 1.97. The van der Waals surface area contributed by atoms with Gasteiger partial charge in [-0.3, -0.25) is 0 Å². The summed E-state index contributed by atoms with van der Waals surface area (Å²) >= 11 is 3.38. The molecule has 0 aromatic carbocycles. The summed E-state index contributed by atoms with van der Waals surface area (Å²) in [5, 5.41) is 13.4. The summed E-state index contributed by atoms with van der Waals surface area (Å²) < 4.78 is 6.03. The molecule has 0 unspecified atom stereocenters. The van der Waals surface area contributed by atoms with Gasteiger partial charge in [0.15, 0.2) is 0 Å². The molecule has 0 spiro atoms. The van der Waals surface area contributed by atoms with E-state index in [1.807, 2.05) is 0 Å². The molecule has 1 saturated heterocycles. The van der Waals surface area contributed by atoms with E-state index in [4.69, 9.17) is 10.5 Å². The van der Waals surface area contributed by atoms with Crippen LogP contribution >= 0.6 is 15.9 Å². The number of rotatable bonds is 3. The number of hydrogen-bond acceptors (Lipinski definition) is 5. The third kappa shape index (κ3) is 3.31. The number of hydrogen-bond donors (Lipinski definition) is 3. The number of nitrogen functional groups attached to an aromatic ring is 1. The Kier molecular flexibility index (Phi) is 3.86. The number of nitrogens with zero attached hydrogens (tertiary/aromatic N) is 1. The second-order valence-corrected chi connectivity index (χ2v) is 5.14. The minimum absolute atomic E-state index is 0.464. The van der Waals surface area contributed by atoms with Gasteiger partial charge in [0.05, 0.1) is 22.0 Å². The Hall–Kier alpha value is -0.850. The largest absolute Gasteiger partial charge is 0.397 e. The average molecular weight is 302 g/mol. The molecule has 0 aliphatic carbocycles. The van der Waals surface area contributed by atoms with Gasteiger partial charge in [0.2, 0.25) is 0 Å². The molecule has 0 bridgehead atoms. The highest BCUT2D eigenvalue weighted by molar-refractivity contribution is 9.10. The predicted molar refractivity (Wildman–Crippen MR) is 69.8 cm³/mol. The highest BCUT2D eigenvalue weighted by atomic mass is 79.9. The smallest absolute Gasteiger partial charge is 0.140 e. The minimum Gasteiger partial charge on any atom is -0.397 e. The summed E-state index contributed by atoms with van der Waals surface area (Å²) in [5.74, 6) is 0.694. The highest BCUT2D eigenvalue weighted by Gasteiger charge is 2.29. The standard InChI is InChI=1S/C11H16BrN3O2/c12-9-5-8(13)6-14-10(9)15-7-11(16)1-3-17-4-2-11/h5-6,16H,1-4,7,13H2,(H,14,15). The van der Waals surface area contributed by atoms with Crippen molar-refractivity contribution in [3.05, 3.63) is 16.7 Å². The fourth-order valence-corrected chi connectivity index (χ4v) is 2.27. The van der Waals surface area contributed by atoms with Crippen molar-refractivity contribution in [2.45, 2.75) is 18.4 Å². The van der Waals surface area contributed by atoms with Gasteiger partial charge in [0.25, 0.3) is 0 Å². The molecular weight excluding hydrogens is 286 g/mol. The van der Waals surface area contributed by atoms with E-state index in [0.29, 0.717) is 44.1 Å². The first-order valence-electron chi connectivity index (χ1n) is 5.54. The van der Waals surface area contributed by atoms with Crippen molar-refractivity contribution in [3.63, 3.8) is 0 Å². The minimum atomic E-state index is -0.708. The number of halogens is 1. The van der Waals surface area contributed by atoms with E-state index in [1.54, 1.807) is 12.3 Å². The molecule has 94 valence electrons. The SMILES string of the molecule is Nc1cnc(NCC2(O)CCOCC2)c(Br)c1. The first kappa shape index (κ1) is 12.6. The van der Waals surface area contributed by atoms with E-state index < -0.39 is 5.60 Å². The van der Waals surface area contributed by atoms with Crippen LogP contribution < -0.4 is 11.1 Å². The number of pyridine rings is 1. The molecule has 2 rings (SSSR count). The maximum Gasteiger partial charge on any atom is 0.140 e. The van der Waals surface area contributed by atoms with Gasteiger partial charge in [0.1, 0.15) is 5.82 Å². The molecule has 4 N–H and O–H groups in total. The third-order valence-corrected chi connectivity index (χ3v) is 3.48. The summed E-state index contributed by atoms with van der Waals surface area (Å²) in [7, 11) is 0. The van der Waals surface area contributed by atoms with Crippen molar-refractivity contribution in [1.82, 2.24) is 4.98 Å². The zero-order valence-electron chi connectivity index (χ0n) is 9.45. The summed E-state index contributed by atoms with van der Waals surface area (Å²) in [6.07, 6.45) is 2.88. The second kappa shape index (κ2) is 5.20. The van der Waals surface area contributed by atoms with Crippen LogP contribution in [-0.2, 0) is 4.74 Å². The predicted octanol–water partition coefficient (Wildman–Crippen LogP) is 1.38. The fourth-order valence-electron chi connectivity index (χ4n) is 1.76. The highest BCUT2D eigenvalue weighted by Crippen LogP contribution is 2.25. The molecule has 6 heteroatoms. The topological polar surface area (TPSA) is 80.4 Å². The number of aliphatic hydroxyl groups is 1. The molecule has 1 aliphatic rings. The molecular formula is C11H16BrN3O2. The number of nitrogens with two attached hydrogens (primary N) is 1. The average Bonchev–Trinajstić information content (AvgIpc) is 2.29. The lowest BCUT2D eigenvalue weighted by molar-refractivity contribution is -0.0543. The Morgan fingerprint density at radius 3 is 2.88 bits per heavy atom. The number of ether oxygens (including phenoxy) is 1. The summed E-state index contributed by atoms with van der Waals surface area (Å²) in [6, 6.07) is 1.78. The van der Waals surface area contributed by atoms with Crippen LogP contribution in [0.4, 0.5) is 11.5 Å². The van der Waals surface area contributed by atoms with Crippen LogP contribution in [0, 0.1) is 0 Å². The van der Waals surface area contributed by atoms with E-state index in [1.165, 1.54) is 0 Å². The molecule has 5 nitrogen and oxygen atoms in total.